The first-order valence-corrected chi connectivity index (χ1v) is 24.1. The smallest absolute Gasteiger partial charge is 0.160 e. The lowest BCUT2D eigenvalue weighted by atomic mass is 9.70. The topological polar surface area (TPSA) is 25.8 Å². The maximum absolute atomic E-state index is 5.42. The Hall–Kier alpha value is -8.50. The van der Waals surface area contributed by atoms with Crippen LogP contribution in [0.3, 0.4) is 0 Å². The Morgan fingerprint density at radius 3 is 1.43 bits per heavy atom. The molecule has 3 heteroatoms. The molecule has 68 heavy (non-hydrogen) atoms. The van der Waals surface area contributed by atoms with Gasteiger partial charge in [-0.15, -0.1) is 11.3 Å². The number of hydrogen-bond donors (Lipinski definition) is 0. The molecule has 0 unspecified atom stereocenters. The maximum atomic E-state index is 5.42. The largest absolute Gasteiger partial charge is 0.228 e. The molecule has 2 aliphatic rings. The van der Waals surface area contributed by atoms with Gasteiger partial charge in [0.25, 0.3) is 0 Å². The molecule has 0 fully saturated rings. The highest BCUT2D eigenvalue weighted by atomic mass is 32.1. The molecule has 0 saturated heterocycles. The Kier molecular flexibility index (Phi) is 8.71. The normalized spacial score (nSPS) is 12.8. The summed E-state index contributed by atoms with van der Waals surface area (Å²) in [5.74, 6) is 0.693. The fourth-order valence-corrected chi connectivity index (χ4v) is 12.3. The van der Waals surface area contributed by atoms with Crippen LogP contribution in [-0.2, 0) is 5.41 Å². The third-order valence-corrected chi connectivity index (χ3v) is 15.4. The molecule has 1 spiro atoms. The van der Waals surface area contributed by atoms with Gasteiger partial charge in [-0.25, -0.2) is 9.97 Å². The molecular formula is C65H40N2S. The van der Waals surface area contributed by atoms with Gasteiger partial charge in [-0.3, -0.25) is 0 Å². The highest BCUT2D eigenvalue weighted by Gasteiger charge is 2.51. The fraction of sp³-hybridized carbons (Fsp3) is 0.0154. The lowest BCUT2D eigenvalue weighted by molar-refractivity contribution is 0.794. The summed E-state index contributed by atoms with van der Waals surface area (Å²) in [7, 11) is 0. The van der Waals surface area contributed by atoms with Crippen molar-refractivity contribution in [1.29, 1.82) is 0 Å². The molecule has 10 aromatic carbocycles. The summed E-state index contributed by atoms with van der Waals surface area (Å²) in [6.45, 7) is 0. The van der Waals surface area contributed by atoms with Gasteiger partial charge in [-0.05, 0) is 132 Å². The van der Waals surface area contributed by atoms with Crippen molar-refractivity contribution in [1.82, 2.24) is 9.97 Å². The standard InChI is InChI=1S/C65H40N2S/c1-3-16-41(17-4-1)43-20-15-21-44(34-43)47-35-48(45-31-33-63-55(38-45)53-25-10-14-29-62(53)68-63)37-49(36-47)61-40-60(66-64(67-61)42-18-5-2-6-19-42)46-30-32-59-54(39-46)52-24-9-13-28-58(52)65(59)56-26-11-7-22-50(56)51-23-8-12-27-57(51)65/h1-40H. The van der Waals surface area contributed by atoms with Crippen molar-refractivity contribution < 1.29 is 0 Å². The predicted octanol–water partition coefficient (Wildman–Crippen LogP) is 17.2. The van der Waals surface area contributed by atoms with Gasteiger partial charge in [-0.2, -0.15) is 0 Å². The van der Waals surface area contributed by atoms with E-state index in [0.29, 0.717) is 5.82 Å². The van der Waals surface area contributed by atoms with Crippen molar-refractivity contribution in [2.45, 2.75) is 5.41 Å². The average Bonchev–Trinajstić information content (AvgIpc) is 4.05. The van der Waals surface area contributed by atoms with Crippen LogP contribution in [0.2, 0.25) is 0 Å². The van der Waals surface area contributed by atoms with Crippen molar-refractivity contribution in [2.75, 3.05) is 0 Å². The van der Waals surface area contributed by atoms with Gasteiger partial charge < -0.3 is 0 Å². The number of rotatable bonds is 6. The van der Waals surface area contributed by atoms with Gasteiger partial charge in [0, 0.05) is 36.9 Å². The van der Waals surface area contributed by atoms with Crippen LogP contribution in [0.5, 0.6) is 0 Å². The Balaban J connectivity index is 0.975. The maximum Gasteiger partial charge on any atom is 0.160 e. The molecule has 0 N–H and O–H groups in total. The Bertz CT molecular complexity index is 3930. The van der Waals surface area contributed by atoms with Crippen molar-refractivity contribution >= 4 is 31.5 Å². The van der Waals surface area contributed by atoms with Crippen LogP contribution >= 0.6 is 11.3 Å². The van der Waals surface area contributed by atoms with E-state index in [4.69, 9.17) is 9.97 Å². The first-order valence-electron chi connectivity index (χ1n) is 23.3. The van der Waals surface area contributed by atoms with Crippen LogP contribution in [0.15, 0.2) is 243 Å². The molecule has 0 radical (unpaired) electrons. The first-order chi connectivity index (χ1) is 33.7. The van der Waals surface area contributed by atoms with E-state index >= 15 is 0 Å². The zero-order valence-corrected chi connectivity index (χ0v) is 37.7. The van der Waals surface area contributed by atoms with Crippen LogP contribution in [0.4, 0.5) is 0 Å². The van der Waals surface area contributed by atoms with Gasteiger partial charge >= 0.3 is 0 Å². The van der Waals surface area contributed by atoms with Crippen molar-refractivity contribution in [2.24, 2.45) is 0 Å². The SMILES string of the molecule is c1ccc(-c2cccc(-c3cc(-c4ccc5sc6ccccc6c5c4)cc(-c4cc(-c5ccc6c(c5)-c5ccccc5C65c6ccccc6-c6ccccc65)nc(-c5ccccc5)n4)c3)c2)cc1. The summed E-state index contributed by atoms with van der Waals surface area (Å²) in [6, 6.07) is 88.8. The highest BCUT2D eigenvalue weighted by molar-refractivity contribution is 7.25. The summed E-state index contributed by atoms with van der Waals surface area (Å²) in [5, 5.41) is 2.57. The quantitative estimate of drug-likeness (QED) is 0.166. The number of fused-ring (bicyclic) bond motifs is 13. The van der Waals surface area contributed by atoms with E-state index in [0.717, 1.165) is 44.8 Å². The summed E-state index contributed by atoms with van der Waals surface area (Å²) < 4.78 is 2.59. The first kappa shape index (κ1) is 38.7. The van der Waals surface area contributed by atoms with E-state index in [-0.39, 0.29) is 0 Å². The number of thiophene rings is 1. The Morgan fingerprint density at radius 1 is 0.265 bits per heavy atom. The highest BCUT2D eigenvalue weighted by Crippen LogP contribution is 2.63. The average molecular weight is 881 g/mol. The van der Waals surface area contributed by atoms with Crippen molar-refractivity contribution in [3.8, 4) is 89.5 Å². The fourth-order valence-electron chi connectivity index (χ4n) is 11.2. The monoisotopic (exact) mass is 880 g/mol. The molecule has 0 amide bonds. The van der Waals surface area contributed by atoms with E-state index in [1.165, 1.54) is 81.4 Å². The third kappa shape index (κ3) is 5.96. The minimum Gasteiger partial charge on any atom is -0.228 e. The second-order valence-corrected chi connectivity index (χ2v) is 19.1. The predicted molar refractivity (Wildman–Crippen MR) is 284 cm³/mol. The van der Waals surface area contributed by atoms with Crippen molar-refractivity contribution in [3.05, 3.63) is 265 Å². The van der Waals surface area contributed by atoms with Crippen molar-refractivity contribution in [3.63, 3.8) is 0 Å². The number of benzene rings is 10. The molecule has 2 aliphatic carbocycles. The van der Waals surface area contributed by atoms with E-state index in [2.05, 4.69) is 237 Å². The van der Waals surface area contributed by atoms with Crippen LogP contribution in [0.1, 0.15) is 22.3 Å². The molecule has 0 atom stereocenters. The Morgan fingerprint density at radius 2 is 0.735 bits per heavy atom. The Labute approximate surface area is 399 Å². The van der Waals surface area contributed by atoms with Crippen LogP contribution < -0.4 is 0 Å². The molecule has 2 aromatic heterocycles. The summed E-state index contributed by atoms with van der Waals surface area (Å²) >= 11 is 1.85. The number of aromatic nitrogens is 2. The lowest BCUT2D eigenvalue weighted by Gasteiger charge is -2.30. The molecular weight excluding hydrogens is 841 g/mol. The summed E-state index contributed by atoms with van der Waals surface area (Å²) in [6.07, 6.45) is 0. The second-order valence-electron chi connectivity index (χ2n) is 18.0. The van der Waals surface area contributed by atoms with Gasteiger partial charge in [0.1, 0.15) is 0 Å². The molecule has 0 saturated carbocycles. The molecule has 14 rings (SSSR count). The van der Waals surface area contributed by atoms with Crippen LogP contribution in [-0.4, -0.2) is 9.97 Å². The molecule has 316 valence electrons. The van der Waals surface area contributed by atoms with E-state index in [1.54, 1.807) is 0 Å². The van der Waals surface area contributed by atoms with E-state index < -0.39 is 5.41 Å². The minimum atomic E-state index is -0.406. The molecule has 0 aliphatic heterocycles. The molecule has 12 aromatic rings. The summed E-state index contributed by atoms with van der Waals surface area (Å²) in [4.78, 5) is 10.8. The van der Waals surface area contributed by atoms with E-state index in [1.807, 2.05) is 17.4 Å². The third-order valence-electron chi connectivity index (χ3n) is 14.3. The van der Waals surface area contributed by atoms with Crippen LogP contribution in [0.25, 0.3) is 110 Å². The molecule has 0 bridgehead atoms. The van der Waals surface area contributed by atoms with Gasteiger partial charge in [-0.1, -0.05) is 188 Å². The minimum absolute atomic E-state index is 0.406. The summed E-state index contributed by atoms with van der Waals surface area (Å²) in [5.41, 5.74) is 21.8. The lowest BCUT2D eigenvalue weighted by Crippen LogP contribution is -2.25. The number of nitrogens with zero attached hydrogens (tertiary/aromatic N) is 2. The molecule has 2 heterocycles. The zero-order chi connectivity index (χ0) is 44.8. The molecule has 2 nitrogen and oxygen atoms in total. The van der Waals surface area contributed by atoms with Gasteiger partial charge in [0.05, 0.1) is 16.8 Å². The van der Waals surface area contributed by atoms with Crippen LogP contribution in [0, 0.1) is 0 Å². The van der Waals surface area contributed by atoms with E-state index in [9.17, 15) is 0 Å². The van der Waals surface area contributed by atoms with Gasteiger partial charge in [0.15, 0.2) is 5.82 Å². The number of hydrogen-bond acceptors (Lipinski definition) is 3. The van der Waals surface area contributed by atoms with Gasteiger partial charge in [0.2, 0.25) is 0 Å². The zero-order valence-electron chi connectivity index (χ0n) is 36.9. The second kappa shape index (κ2) is 15.3.